The lowest BCUT2D eigenvalue weighted by atomic mass is 10.0. The van der Waals surface area contributed by atoms with E-state index >= 15 is 0 Å². The highest BCUT2D eigenvalue weighted by Gasteiger charge is 2.38. The van der Waals surface area contributed by atoms with Crippen LogP contribution in [0.4, 0.5) is 11.4 Å². The van der Waals surface area contributed by atoms with Crippen LogP contribution in [0.2, 0.25) is 0 Å². The van der Waals surface area contributed by atoms with Crippen LogP contribution in [0.3, 0.4) is 0 Å². The maximum atomic E-state index is 12.4. The molecule has 0 aliphatic carbocycles. The summed E-state index contributed by atoms with van der Waals surface area (Å²) in [5.74, 6) is -1.13. The number of nitro groups is 1. The Balaban J connectivity index is 1.81. The fraction of sp³-hybridized carbons (Fsp3) is 0.650. The lowest BCUT2D eigenvalue weighted by Crippen LogP contribution is -2.35. The third-order valence-corrected chi connectivity index (χ3v) is 4.75. The van der Waals surface area contributed by atoms with Crippen molar-refractivity contribution in [2.75, 3.05) is 18.5 Å². The number of nitrogens with zero attached hydrogens (tertiary/aromatic N) is 1. The molecule has 1 N–H and O–H groups in total. The number of ether oxygens (including phenoxy) is 2. The summed E-state index contributed by atoms with van der Waals surface area (Å²) in [6.45, 7) is 3.18. The van der Waals surface area contributed by atoms with E-state index in [1.54, 1.807) is 12.1 Å². The number of nitrogens with one attached hydrogen (secondary N) is 1. The average Bonchev–Trinajstić information content (AvgIpc) is 3.09. The highest BCUT2D eigenvalue weighted by molar-refractivity contribution is 5.91. The normalized spacial score (nSPS) is 15.6. The van der Waals surface area contributed by atoms with Gasteiger partial charge in [0.2, 0.25) is 5.91 Å². The maximum Gasteiger partial charge on any atom is 0.271 e. The summed E-state index contributed by atoms with van der Waals surface area (Å²) >= 11 is 0. The molecule has 150 valence electrons. The largest absolute Gasteiger partial charge is 0.347 e. The van der Waals surface area contributed by atoms with Gasteiger partial charge in [0.25, 0.3) is 5.69 Å². The first-order valence-corrected chi connectivity index (χ1v) is 9.87. The van der Waals surface area contributed by atoms with Gasteiger partial charge in [-0.05, 0) is 12.5 Å². The Labute approximate surface area is 160 Å². The minimum Gasteiger partial charge on any atom is -0.347 e. The minimum absolute atomic E-state index is 0.0565. The van der Waals surface area contributed by atoms with Crippen molar-refractivity contribution in [3.05, 3.63) is 34.4 Å². The van der Waals surface area contributed by atoms with Crippen LogP contribution in [-0.2, 0) is 14.3 Å². The second-order valence-electron chi connectivity index (χ2n) is 7.01. The molecule has 1 aliphatic heterocycles. The second-order valence-corrected chi connectivity index (χ2v) is 7.01. The Morgan fingerprint density at radius 2 is 1.81 bits per heavy atom. The van der Waals surface area contributed by atoms with Gasteiger partial charge in [-0.25, -0.2) is 0 Å². The quantitative estimate of drug-likeness (QED) is 0.320. The topological polar surface area (TPSA) is 90.7 Å². The molecule has 0 spiro atoms. The van der Waals surface area contributed by atoms with E-state index in [-0.39, 0.29) is 18.0 Å². The van der Waals surface area contributed by atoms with Gasteiger partial charge < -0.3 is 14.8 Å². The van der Waals surface area contributed by atoms with Crippen LogP contribution >= 0.6 is 0 Å². The molecule has 0 unspecified atom stereocenters. The third-order valence-electron chi connectivity index (χ3n) is 4.75. The number of carbonyl (C=O) groups is 1. The summed E-state index contributed by atoms with van der Waals surface area (Å²) in [6, 6.07) is 5.91. The van der Waals surface area contributed by atoms with Crippen LogP contribution in [0, 0.1) is 10.1 Å². The predicted octanol–water partition coefficient (Wildman–Crippen LogP) is 4.81. The maximum absolute atomic E-state index is 12.4. The number of rotatable bonds is 12. The molecule has 2 rings (SSSR count). The monoisotopic (exact) mass is 378 g/mol. The van der Waals surface area contributed by atoms with E-state index in [2.05, 4.69) is 12.2 Å². The molecule has 0 aromatic heterocycles. The van der Waals surface area contributed by atoms with Crippen molar-refractivity contribution in [3.63, 3.8) is 0 Å². The average molecular weight is 378 g/mol. The Bertz CT molecular complexity index is 614. The first-order valence-electron chi connectivity index (χ1n) is 9.87. The number of hydrogen-bond acceptors (Lipinski definition) is 5. The zero-order valence-corrected chi connectivity index (χ0v) is 16.1. The molecule has 1 aromatic rings. The van der Waals surface area contributed by atoms with E-state index in [0.29, 0.717) is 25.3 Å². The summed E-state index contributed by atoms with van der Waals surface area (Å²) in [4.78, 5) is 22.8. The summed E-state index contributed by atoms with van der Waals surface area (Å²) in [5, 5.41) is 13.6. The molecule has 0 bridgehead atoms. The lowest BCUT2D eigenvalue weighted by Gasteiger charge is -2.26. The summed E-state index contributed by atoms with van der Waals surface area (Å²) in [7, 11) is 0. The highest BCUT2D eigenvalue weighted by atomic mass is 16.7. The van der Waals surface area contributed by atoms with Gasteiger partial charge in [0.15, 0.2) is 5.79 Å². The molecule has 7 heteroatoms. The number of anilines is 1. The minimum atomic E-state index is -0.867. The predicted molar refractivity (Wildman–Crippen MR) is 104 cm³/mol. The van der Waals surface area contributed by atoms with Gasteiger partial charge in [0.05, 0.1) is 24.6 Å². The van der Waals surface area contributed by atoms with Gasteiger partial charge in [-0.15, -0.1) is 0 Å². The van der Waals surface area contributed by atoms with Crippen LogP contribution in [0.15, 0.2) is 24.3 Å². The zero-order chi connectivity index (χ0) is 19.5. The smallest absolute Gasteiger partial charge is 0.271 e. The van der Waals surface area contributed by atoms with Crippen LogP contribution in [0.25, 0.3) is 0 Å². The second kappa shape index (κ2) is 11.0. The molecule has 1 fully saturated rings. The first-order chi connectivity index (χ1) is 13.0. The molecule has 0 atom stereocenters. The molecule has 1 heterocycles. The summed E-state index contributed by atoms with van der Waals surface area (Å²) in [5.41, 5.74) is 0.345. The number of benzene rings is 1. The Morgan fingerprint density at radius 1 is 1.15 bits per heavy atom. The SMILES string of the molecule is CCCCCCCCCC1(CC(=O)Nc2cccc([N+](=O)[O-])c2)OCCO1. The highest BCUT2D eigenvalue weighted by Crippen LogP contribution is 2.30. The number of carbonyl (C=O) groups excluding carboxylic acids is 1. The third kappa shape index (κ3) is 7.27. The van der Waals surface area contributed by atoms with Crippen molar-refractivity contribution in [3.8, 4) is 0 Å². The molecule has 1 aromatic carbocycles. The Morgan fingerprint density at radius 3 is 2.48 bits per heavy atom. The van der Waals surface area contributed by atoms with Crippen LogP contribution in [-0.4, -0.2) is 29.8 Å². The van der Waals surface area contributed by atoms with E-state index in [1.165, 1.54) is 44.2 Å². The number of unbranched alkanes of at least 4 members (excludes halogenated alkanes) is 6. The molecule has 1 aliphatic rings. The first kappa shape index (κ1) is 21.3. The van der Waals surface area contributed by atoms with Crippen LogP contribution in [0.1, 0.15) is 64.7 Å². The van der Waals surface area contributed by atoms with Crippen molar-refractivity contribution in [2.45, 2.75) is 70.5 Å². The molecular formula is C20H30N2O5. The van der Waals surface area contributed by atoms with E-state index in [9.17, 15) is 14.9 Å². The van der Waals surface area contributed by atoms with Crippen molar-refractivity contribution >= 4 is 17.3 Å². The van der Waals surface area contributed by atoms with E-state index < -0.39 is 10.7 Å². The summed E-state index contributed by atoms with van der Waals surface area (Å²) in [6.07, 6.45) is 9.07. The van der Waals surface area contributed by atoms with Gasteiger partial charge >= 0.3 is 0 Å². The van der Waals surface area contributed by atoms with Crippen LogP contribution < -0.4 is 5.32 Å². The summed E-state index contributed by atoms with van der Waals surface area (Å²) < 4.78 is 11.5. The van der Waals surface area contributed by atoms with Gasteiger partial charge in [-0.1, -0.05) is 51.5 Å². The molecule has 0 radical (unpaired) electrons. The molecule has 1 saturated heterocycles. The Kier molecular flexibility index (Phi) is 8.67. The molecule has 0 saturated carbocycles. The van der Waals surface area contributed by atoms with E-state index in [0.717, 1.165) is 12.8 Å². The zero-order valence-electron chi connectivity index (χ0n) is 16.1. The van der Waals surface area contributed by atoms with Crippen molar-refractivity contribution < 1.29 is 19.2 Å². The molecule has 27 heavy (non-hydrogen) atoms. The van der Waals surface area contributed by atoms with E-state index in [1.807, 2.05) is 0 Å². The lowest BCUT2D eigenvalue weighted by molar-refractivity contribution is -0.384. The number of hydrogen-bond donors (Lipinski definition) is 1. The number of nitro benzene ring substituents is 1. The number of amides is 1. The van der Waals surface area contributed by atoms with Gasteiger partial charge in [0.1, 0.15) is 0 Å². The fourth-order valence-electron chi connectivity index (χ4n) is 3.33. The molecule has 1 amide bonds. The van der Waals surface area contributed by atoms with Gasteiger partial charge in [0, 0.05) is 24.2 Å². The fourth-order valence-corrected chi connectivity index (χ4v) is 3.33. The van der Waals surface area contributed by atoms with Gasteiger partial charge in [-0.2, -0.15) is 0 Å². The van der Waals surface area contributed by atoms with Crippen LogP contribution in [0.5, 0.6) is 0 Å². The van der Waals surface area contributed by atoms with Gasteiger partial charge in [-0.3, -0.25) is 14.9 Å². The Hall–Kier alpha value is -1.99. The standard InChI is InChI=1S/C20H30N2O5/c1-2-3-4-5-6-7-8-12-20(26-13-14-27-20)16-19(23)21-17-10-9-11-18(15-17)22(24)25/h9-11,15H,2-8,12-14,16H2,1H3,(H,21,23). The molecular weight excluding hydrogens is 348 g/mol. The molecule has 7 nitrogen and oxygen atoms in total. The number of non-ortho nitro benzene ring substituents is 1. The van der Waals surface area contributed by atoms with Crippen molar-refractivity contribution in [2.24, 2.45) is 0 Å². The van der Waals surface area contributed by atoms with Crippen molar-refractivity contribution in [1.29, 1.82) is 0 Å². The van der Waals surface area contributed by atoms with Crippen molar-refractivity contribution in [1.82, 2.24) is 0 Å². The van der Waals surface area contributed by atoms with E-state index in [4.69, 9.17) is 9.47 Å².